The molecule has 0 aliphatic rings. The standard InChI is InChI=1S/C43H27N/c1-2-11-28(12-3-1)30-21-22-32-26-33(24-23-31(32)25-30)41-36-16-6-7-17-37(36)42(35-19-10-14-29-13-4-5-15-34(29)35)43-38-18-8-9-20-40(38)44-27-39(41)43/h1-27H. The van der Waals surface area contributed by atoms with Crippen molar-refractivity contribution in [3.05, 3.63) is 164 Å². The molecule has 1 aromatic heterocycles. The minimum atomic E-state index is 1.01. The molecule has 0 aliphatic carbocycles. The third-order valence-electron chi connectivity index (χ3n) is 9.06. The Morgan fingerprint density at radius 3 is 1.77 bits per heavy atom. The maximum absolute atomic E-state index is 5.01. The van der Waals surface area contributed by atoms with E-state index in [-0.39, 0.29) is 0 Å². The van der Waals surface area contributed by atoms with Gasteiger partial charge in [-0.1, -0.05) is 140 Å². The Morgan fingerprint density at radius 2 is 0.955 bits per heavy atom. The number of nitrogens with zero attached hydrogens (tertiary/aromatic N) is 1. The molecule has 0 atom stereocenters. The number of aromatic nitrogens is 1. The van der Waals surface area contributed by atoms with Gasteiger partial charge in [0.1, 0.15) is 0 Å². The van der Waals surface area contributed by atoms with Crippen LogP contribution < -0.4 is 0 Å². The van der Waals surface area contributed by atoms with Crippen molar-refractivity contribution in [2.45, 2.75) is 0 Å². The average Bonchev–Trinajstić information content (AvgIpc) is 3.10. The van der Waals surface area contributed by atoms with Gasteiger partial charge in [0.2, 0.25) is 0 Å². The van der Waals surface area contributed by atoms with Crippen molar-refractivity contribution < 1.29 is 0 Å². The summed E-state index contributed by atoms with van der Waals surface area (Å²) in [5.74, 6) is 0. The van der Waals surface area contributed by atoms with Crippen molar-refractivity contribution in [2.75, 3.05) is 0 Å². The number of para-hydroxylation sites is 1. The van der Waals surface area contributed by atoms with Gasteiger partial charge in [-0.05, 0) is 83.9 Å². The lowest BCUT2D eigenvalue weighted by Gasteiger charge is -2.20. The van der Waals surface area contributed by atoms with Gasteiger partial charge < -0.3 is 0 Å². The van der Waals surface area contributed by atoms with Crippen LogP contribution in [0.3, 0.4) is 0 Å². The highest BCUT2D eigenvalue weighted by molar-refractivity contribution is 6.29. The molecule has 0 unspecified atom stereocenters. The summed E-state index contributed by atoms with van der Waals surface area (Å²) >= 11 is 0. The molecule has 9 aromatic rings. The molecule has 0 spiro atoms. The van der Waals surface area contributed by atoms with E-state index in [9.17, 15) is 0 Å². The summed E-state index contributed by atoms with van der Waals surface area (Å²) < 4.78 is 0. The van der Waals surface area contributed by atoms with E-state index in [1.165, 1.54) is 81.9 Å². The second kappa shape index (κ2) is 9.90. The van der Waals surface area contributed by atoms with E-state index in [1.807, 2.05) is 0 Å². The number of rotatable bonds is 3. The van der Waals surface area contributed by atoms with Gasteiger partial charge in [-0.2, -0.15) is 0 Å². The maximum Gasteiger partial charge on any atom is 0.0708 e. The fourth-order valence-electron chi connectivity index (χ4n) is 7.04. The molecule has 44 heavy (non-hydrogen) atoms. The Bertz CT molecular complexity index is 2540. The number of benzene rings is 8. The van der Waals surface area contributed by atoms with Crippen molar-refractivity contribution in [3.8, 4) is 33.4 Å². The molecule has 1 heterocycles. The lowest BCUT2D eigenvalue weighted by Crippen LogP contribution is -1.94. The summed E-state index contributed by atoms with van der Waals surface area (Å²) in [4.78, 5) is 5.01. The first-order valence-corrected chi connectivity index (χ1v) is 15.1. The Morgan fingerprint density at radius 1 is 0.341 bits per heavy atom. The summed E-state index contributed by atoms with van der Waals surface area (Å²) in [6.45, 7) is 0. The zero-order chi connectivity index (χ0) is 29.0. The first-order chi connectivity index (χ1) is 21.8. The van der Waals surface area contributed by atoms with Crippen LogP contribution in [0.5, 0.6) is 0 Å². The molecular formula is C43H27N. The van der Waals surface area contributed by atoms with E-state index in [4.69, 9.17) is 4.98 Å². The van der Waals surface area contributed by atoms with E-state index >= 15 is 0 Å². The summed E-state index contributed by atoms with van der Waals surface area (Å²) in [6.07, 6.45) is 2.09. The van der Waals surface area contributed by atoms with E-state index < -0.39 is 0 Å². The molecule has 0 saturated heterocycles. The minimum absolute atomic E-state index is 1.01. The monoisotopic (exact) mass is 557 g/mol. The van der Waals surface area contributed by atoms with E-state index in [0.717, 1.165) is 5.52 Å². The van der Waals surface area contributed by atoms with Crippen molar-refractivity contribution in [1.29, 1.82) is 0 Å². The van der Waals surface area contributed by atoms with Gasteiger partial charge in [0, 0.05) is 22.4 Å². The van der Waals surface area contributed by atoms with Gasteiger partial charge >= 0.3 is 0 Å². The molecule has 1 heteroatoms. The molecular weight excluding hydrogens is 530 g/mol. The fourth-order valence-corrected chi connectivity index (χ4v) is 7.04. The van der Waals surface area contributed by atoms with Gasteiger partial charge in [-0.25, -0.2) is 0 Å². The SMILES string of the molecule is c1ccc(-c2ccc3cc(-c4c5ccccc5c(-c5cccc6ccccc56)c5c4cnc4ccccc45)ccc3c2)cc1. The van der Waals surface area contributed by atoms with Crippen LogP contribution in [0.1, 0.15) is 0 Å². The molecule has 8 aromatic carbocycles. The van der Waals surface area contributed by atoms with Gasteiger partial charge in [0.05, 0.1) is 5.52 Å². The zero-order valence-corrected chi connectivity index (χ0v) is 24.0. The summed E-state index contributed by atoms with van der Waals surface area (Å²) in [5, 5.41) is 11.1. The molecule has 0 N–H and O–H groups in total. The van der Waals surface area contributed by atoms with E-state index in [0.29, 0.717) is 0 Å². The van der Waals surface area contributed by atoms with Gasteiger partial charge in [0.15, 0.2) is 0 Å². The third-order valence-corrected chi connectivity index (χ3v) is 9.06. The molecule has 1 nitrogen and oxygen atoms in total. The zero-order valence-electron chi connectivity index (χ0n) is 24.0. The highest BCUT2D eigenvalue weighted by atomic mass is 14.6. The van der Waals surface area contributed by atoms with Gasteiger partial charge in [0.25, 0.3) is 0 Å². The molecule has 204 valence electrons. The van der Waals surface area contributed by atoms with Crippen LogP contribution in [0.15, 0.2) is 164 Å². The average molecular weight is 558 g/mol. The third kappa shape index (κ3) is 3.83. The van der Waals surface area contributed by atoms with E-state index in [2.05, 4.69) is 164 Å². The Labute approximate surface area is 255 Å². The minimum Gasteiger partial charge on any atom is -0.256 e. The number of hydrogen-bond acceptors (Lipinski definition) is 1. The number of hydrogen-bond donors (Lipinski definition) is 0. The second-order valence-corrected chi connectivity index (χ2v) is 11.5. The fraction of sp³-hybridized carbons (Fsp3) is 0. The number of fused-ring (bicyclic) bond motifs is 6. The molecule has 9 rings (SSSR count). The number of pyridine rings is 1. The van der Waals surface area contributed by atoms with Crippen LogP contribution in [0, 0.1) is 0 Å². The molecule has 0 amide bonds. The normalized spacial score (nSPS) is 11.6. The molecule has 0 radical (unpaired) electrons. The topological polar surface area (TPSA) is 12.9 Å². The van der Waals surface area contributed by atoms with Crippen LogP contribution in [0.4, 0.5) is 0 Å². The molecule has 0 fully saturated rings. The Kier molecular flexibility index (Phi) is 5.57. The smallest absolute Gasteiger partial charge is 0.0708 e. The van der Waals surface area contributed by atoms with Crippen molar-refractivity contribution in [3.63, 3.8) is 0 Å². The van der Waals surface area contributed by atoms with Gasteiger partial charge in [-0.15, -0.1) is 0 Å². The quantitative estimate of drug-likeness (QED) is 0.155. The van der Waals surface area contributed by atoms with Crippen LogP contribution in [-0.4, -0.2) is 4.98 Å². The first-order valence-electron chi connectivity index (χ1n) is 15.1. The molecule has 0 bridgehead atoms. The van der Waals surface area contributed by atoms with Crippen LogP contribution in [0.2, 0.25) is 0 Å². The lowest BCUT2D eigenvalue weighted by atomic mass is 9.83. The maximum atomic E-state index is 5.01. The lowest BCUT2D eigenvalue weighted by molar-refractivity contribution is 1.45. The summed E-state index contributed by atoms with van der Waals surface area (Å²) in [5.41, 5.74) is 8.42. The van der Waals surface area contributed by atoms with Crippen molar-refractivity contribution in [1.82, 2.24) is 4.98 Å². The predicted octanol–water partition coefficient (Wildman–Crippen LogP) is 11.8. The Balaban J connectivity index is 1.39. The first kappa shape index (κ1) is 24.8. The van der Waals surface area contributed by atoms with Crippen LogP contribution in [0.25, 0.3) is 87.4 Å². The largest absolute Gasteiger partial charge is 0.256 e. The second-order valence-electron chi connectivity index (χ2n) is 11.5. The predicted molar refractivity (Wildman–Crippen MR) is 188 cm³/mol. The van der Waals surface area contributed by atoms with Crippen molar-refractivity contribution >= 4 is 54.0 Å². The molecule has 0 saturated carbocycles. The Hall–Kier alpha value is -5.79. The van der Waals surface area contributed by atoms with Crippen LogP contribution >= 0.6 is 0 Å². The summed E-state index contributed by atoms with van der Waals surface area (Å²) in [6, 6.07) is 57.1. The highest BCUT2D eigenvalue weighted by Crippen LogP contribution is 2.47. The van der Waals surface area contributed by atoms with Crippen molar-refractivity contribution in [2.24, 2.45) is 0 Å². The molecule has 0 aliphatic heterocycles. The van der Waals surface area contributed by atoms with Crippen LogP contribution in [-0.2, 0) is 0 Å². The van der Waals surface area contributed by atoms with Gasteiger partial charge in [-0.3, -0.25) is 4.98 Å². The summed E-state index contributed by atoms with van der Waals surface area (Å²) in [7, 11) is 0. The van der Waals surface area contributed by atoms with E-state index in [1.54, 1.807) is 0 Å². The highest BCUT2D eigenvalue weighted by Gasteiger charge is 2.20.